The van der Waals surface area contributed by atoms with Crippen LogP contribution in [0.5, 0.6) is 5.75 Å². The molecule has 1 amide bonds. The van der Waals surface area contributed by atoms with E-state index in [4.69, 9.17) is 10.6 Å². The Labute approximate surface area is 189 Å². The number of hydrogen-bond donors (Lipinski definition) is 1. The van der Waals surface area contributed by atoms with Crippen molar-refractivity contribution in [3.8, 4) is 5.75 Å². The van der Waals surface area contributed by atoms with Crippen molar-refractivity contribution >= 4 is 17.7 Å². The summed E-state index contributed by atoms with van der Waals surface area (Å²) in [6, 6.07) is 8.39. The van der Waals surface area contributed by atoms with Crippen molar-refractivity contribution in [1.82, 2.24) is 19.8 Å². The van der Waals surface area contributed by atoms with Gasteiger partial charge in [0.05, 0.1) is 5.25 Å². The van der Waals surface area contributed by atoms with Gasteiger partial charge in [-0.3, -0.25) is 4.79 Å². The van der Waals surface area contributed by atoms with Crippen LogP contribution in [0.3, 0.4) is 0 Å². The molecule has 2 unspecified atom stereocenters. The molecular weight excluding hydrogens is 410 g/mol. The Kier molecular flexibility index (Phi) is 7.51. The maximum absolute atomic E-state index is 13.0. The summed E-state index contributed by atoms with van der Waals surface area (Å²) in [7, 11) is 0. The molecule has 170 valence electrons. The van der Waals surface area contributed by atoms with E-state index in [1.165, 1.54) is 28.4 Å². The predicted molar refractivity (Wildman–Crippen MR) is 125 cm³/mol. The maximum Gasteiger partial charge on any atom is 0.236 e. The first-order chi connectivity index (χ1) is 14.7. The van der Waals surface area contributed by atoms with Crippen LogP contribution in [0, 0.1) is 0 Å². The number of hydrogen-bond acceptors (Lipinski definition) is 6. The number of carbonyl (C=O) groups excluding carboxylic acids is 1. The zero-order valence-corrected chi connectivity index (χ0v) is 20.1. The largest absolute Gasteiger partial charge is 0.486 e. The number of thioether (sulfide) groups is 1. The number of nitrogens with zero attached hydrogens (tertiary/aromatic N) is 4. The van der Waals surface area contributed by atoms with Crippen LogP contribution in [0.4, 0.5) is 0 Å². The summed E-state index contributed by atoms with van der Waals surface area (Å²) < 4.78 is 7.26. The summed E-state index contributed by atoms with van der Waals surface area (Å²) in [5.74, 6) is 7.62. The summed E-state index contributed by atoms with van der Waals surface area (Å²) in [6.45, 7) is 11.6. The Bertz CT molecular complexity index is 875. The standard InChI is InChI=1S/C23H35N5O2S/c1-6-18-9-7-8-14-27(18)21(29)16(2)31-22-26-25-20(28(22)24)15-30-19-12-10-17(11-13-19)23(3,4)5/h10-13,16,18H,6-9,14-15,24H2,1-5H3. The Morgan fingerprint density at radius 1 is 1.26 bits per heavy atom. The lowest BCUT2D eigenvalue weighted by Crippen LogP contribution is -2.46. The lowest BCUT2D eigenvalue weighted by molar-refractivity contribution is -0.134. The molecule has 0 aliphatic carbocycles. The second-order valence-corrected chi connectivity index (χ2v) is 10.5. The first kappa shape index (κ1) is 23.4. The number of nitrogens with two attached hydrogens (primary N) is 1. The minimum atomic E-state index is -0.266. The highest BCUT2D eigenvalue weighted by Crippen LogP contribution is 2.27. The van der Waals surface area contributed by atoms with Crippen LogP contribution in [0.2, 0.25) is 0 Å². The van der Waals surface area contributed by atoms with Crippen molar-refractivity contribution in [2.75, 3.05) is 12.4 Å². The molecule has 8 heteroatoms. The van der Waals surface area contributed by atoms with Gasteiger partial charge in [-0.1, -0.05) is 51.6 Å². The highest BCUT2D eigenvalue weighted by Gasteiger charge is 2.30. The quantitative estimate of drug-likeness (QED) is 0.509. The summed E-state index contributed by atoms with van der Waals surface area (Å²) in [5, 5.41) is 8.60. The van der Waals surface area contributed by atoms with Gasteiger partial charge >= 0.3 is 0 Å². The lowest BCUT2D eigenvalue weighted by atomic mass is 9.87. The van der Waals surface area contributed by atoms with Crippen LogP contribution in [0.15, 0.2) is 29.4 Å². The molecule has 31 heavy (non-hydrogen) atoms. The van der Waals surface area contributed by atoms with Gasteiger partial charge in [0, 0.05) is 12.6 Å². The number of benzene rings is 1. The molecule has 7 nitrogen and oxygen atoms in total. The van der Waals surface area contributed by atoms with E-state index in [-0.39, 0.29) is 23.2 Å². The molecule has 1 aromatic carbocycles. The normalized spacial score (nSPS) is 18.1. The van der Waals surface area contributed by atoms with Gasteiger partial charge in [0.2, 0.25) is 11.1 Å². The summed E-state index contributed by atoms with van der Waals surface area (Å²) >= 11 is 1.35. The van der Waals surface area contributed by atoms with E-state index in [0.717, 1.165) is 31.6 Å². The van der Waals surface area contributed by atoms with Crippen molar-refractivity contribution < 1.29 is 9.53 Å². The van der Waals surface area contributed by atoms with Crippen LogP contribution < -0.4 is 10.6 Å². The van der Waals surface area contributed by atoms with Gasteiger partial charge in [0.1, 0.15) is 12.4 Å². The fraction of sp³-hybridized carbons (Fsp3) is 0.609. The van der Waals surface area contributed by atoms with Crippen LogP contribution in [-0.4, -0.2) is 43.5 Å². The van der Waals surface area contributed by atoms with E-state index in [2.05, 4.69) is 50.0 Å². The fourth-order valence-corrected chi connectivity index (χ4v) is 4.70. The van der Waals surface area contributed by atoms with Crippen LogP contribution in [0.1, 0.15) is 71.7 Å². The molecule has 1 fully saturated rings. The smallest absolute Gasteiger partial charge is 0.236 e. The van der Waals surface area contributed by atoms with Gasteiger partial charge in [-0.2, -0.15) is 0 Å². The van der Waals surface area contributed by atoms with Gasteiger partial charge in [-0.05, 0) is 55.7 Å². The Hall–Kier alpha value is -2.22. The third-order valence-electron chi connectivity index (χ3n) is 5.83. The maximum atomic E-state index is 13.0. The molecule has 2 N–H and O–H groups in total. The average molecular weight is 446 g/mol. The van der Waals surface area contributed by atoms with Crippen molar-refractivity contribution in [3.05, 3.63) is 35.7 Å². The summed E-state index contributed by atoms with van der Waals surface area (Å²) in [4.78, 5) is 15.0. The Balaban J connectivity index is 1.59. The summed E-state index contributed by atoms with van der Waals surface area (Å²) in [5.41, 5.74) is 1.35. The molecule has 1 aromatic heterocycles. The van der Waals surface area contributed by atoms with Crippen molar-refractivity contribution in [2.24, 2.45) is 0 Å². The third kappa shape index (κ3) is 5.73. The number of likely N-dealkylation sites (tertiary alicyclic amines) is 1. The number of aromatic nitrogens is 3. The zero-order valence-electron chi connectivity index (χ0n) is 19.3. The SMILES string of the molecule is CCC1CCCCN1C(=O)C(C)Sc1nnc(COc2ccc(C(C)(C)C)cc2)n1N. The molecule has 0 spiro atoms. The molecule has 0 bridgehead atoms. The second-order valence-electron chi connectivity index (χ2n) is 9.18. The van der Waals surface area contributed by atoms with Crippen LogP contribution in [-0.2, 0) is 16.8 Å². The number of rotatable bonds is 7. The van der Waals surface area contributed by atoms with Crippen LogP contribution >= 0.6 is 11.8 Å². The lowest BCUT2D eigenvalue weighted by Gasteiger charge is -2.36. The first-order valence-electron chi connectivity index (χ1n) is 11.1. The van der Waals surface area contributed by atoms with Gasteiger partial charge < -0.3 is 15.5 Å². The minimum Gasteiger partial charge on any atom is -0.486 e. The van der Waals surface area contributed by atoms with E-state index in [0.29, 0.717) is 17.0 Å². The van der Waals surface area contributed by atoms with E-state index in [9.17, 15) is 4.79 Å². The Morgan fingerprint density at radius 3 is 2.61 bits per heavy atom. The van der Waals surface area contributed by atoms with Crippen LogP contribution in [0.25, 0.3) is 0 Å². The zero-order chi connectivity index (χ0) is 22.6. The molecule has 3 rings (SSSR count). The molecule has 2 atom stereocenters. The molecule has 0 saturated carbocycles. The van der Waals surface area contributed by atoms with E-state index in [1.54, 1.807) is 0 Å². The monoisotopic (exact) mass is 445 g/mol. The third-order valence-corrected chi connectivity index (χ3v) is 6.88. The Morgan fingerprint density at radius 2 is 1.97 bits per heavy atom. The van der Waals surface area contributed by atoms with Crippen molar-refractivity contribution in [3.63, 3.8) is 0 Å². The molecule has 1 saturated heterocycles. The minimum absolute atomic E-state index is 0.0988. The number of amides is 1. The first-order valence-corrected chi connectivity index (χ1v) is 12.0. The topological polar surface area (TPSA) is 86.3 Å². The molecular formula is C23H35N5O2S. The van der Waals surface area contributed by atoms with Crippen molar-refractivity contribution in [1.29, 1.82) is 0 Å². The van der Waals surface area contributed by atoms with E-state index in [1.807, 2.05) is 24.0 Å². The molecule has 2 heterocycles. The van der Waals surface area contributed by atoms with Crippen molar-refractivity contribution in [2.45, 2.75) is 88.8 Å². The molecule has 1 aliphatic heterocycles. The van der Waals surface area contributed by atoms with Gasteiger partial charge in [0.25, 0.3) is 0 Å². The van der Waals surface area contributed by atoms with Gasteiger partial charge in [0.15, 0.2) is 5.82 Å². The number of ether oxygens (including phenoxy) is 1. The summed E-state index contributed by atoms with van der Waals surface area (Å²) in [6.07, 6.45) is 4.35. The average Bonchev–Trinajstić information content (AvgIpc) is 3.10. The molecule has 0 radical (unpaired) electrons. The molecule has 2 aromatic rings. The molecule has 1 aliphatic rings. The number of carbonyl (C=O) groups is 1. The van der Waals surface area contributed by atoms with E-state index >= 15 is 0 Å². The second kappa shape index (κ2) is 9.94. The fourth-order valence-electron chi connectivity index (χ4n) is 3.84. The highest BCUT2D eigenvalue weighted by molar-refractivity contribution is 8.00. The van der Waals surface area contributed by atoms with Gasteiger partial charge in [-0.15, -0.1) is 10.2 Å². The van der Waals surface area contributed by atoms with E-state index < -0.39 is 0 Å². The number of nitrogen functional groups attached to an aromatic ring is 1. The van der Waals surface area contributed by atoms with Gasteiger partial charge in [-0.25, -0.2) is 4.68 Å². The number of piperidine rings is 1. The predicted octanol–water partition coefficient (Wildman–Crippen LogP) is 4.14. The highest BCUT2D eigenvalue weighted by atomic mass is 32.2.